The molecule has 0 amide bonds. The second kappa shape index (κ2) is 7.58. The molecule has 31 heavy (non-hydrogen) atoms. The van der Waals surface area contributed by atoms with Crippen LogP contribution in [0.4, 0.5) is 0 Å². The summed E-state index contributed by atoms with van der Waals surface area (Å²) in [5, 5.41) is 0. The normalized spacial score (nSPS) is 38.5. The Kier molecular flexibility index (Phi) is 4.99. The maximum absolute atomic E-state index is 13.0. The van der Waals surface area contributed by atoms with Gasteiger partial charge in [0.15, 0.2) is 5.78 Å². The number of carbonyl (C=O) groups excluding carboxylic acids is 3. The fraction of sp³-hybridized carbons (Fsp3) is 0.519. The number of allylic oxidation sites excluding steroid dienone is 4. The average molecular weight is 419 g/mol. The highest BCUT2D eigenvalue weighted by molar-refractivity contribution is 5.92. The van der Waals surface area contributed by atoms with E-state index in [9.17, 15) is 14.4 Å². The van der Waals surface area contributed by atoms with Gasteiger partial charge < -0.3 is 4.74 Å². The molecule has 0 N–H and O–H groups in total. The number of ketones is 2. The SMILES string of the molecule is CC(=O)[C@H]1CCC2[C@@H]3C=CC4=CC(=O)CCC4[C@@H]3[C@@H](OC(=O)c3ccccc3)C[C@@]21C. The van der Waals surface area contributed by atoms with Gasteiger partial charge in [-0.15, -0.1) is 0 Å². The number of fused-ring (bicyclic) bond motifs is 5. The molecule has 0 aliphatic heterocycles. The standard InChI is InChI=1S/C27H30O4/c1-16(28)22-12-13-23-21-10-8-18-14-19(29)9-11-20(18)25(21)24(15-27(22,23)2)31-26(30)17-6-4-3-5-7-17/h3-8,10,14,20-25H,9,11-13,15H2,1-2H3/t20?,21-,22+,23?,24-,25-,27+/m0/s1. The summed E-state index contributed by atoms with van der Waals surface area (Å²) in [6.45, 7) is 3.94. The lowest BCUT2D eigenvalue weighted by molar-refractivity contribution is -0.131. The Labute approximate surface area is 183 Å². The van der Waals surface area contributed by atoms with Crippen molar-refractivity contribution in [2.24, 2.45) is 35.0 Å². The molecule has 0 bridgehead atoms. The number of hydrogen-bond acceptors (Lipinski definition) is 4. The van der Waals surface area contributed by atoms with Gasteiger partial charge in [0.25, 0.3) is 0 Å². The van der Waals surface area contributed by atoms with Gasteiger partial charge in [-0.05, 0) is 79.6 Å². The Hall–Kier alpha value is -2.49. The number of esters is 1. The lowest BCUT2D eigenvalue weighted by Gasteiger charge is -2.54. The Morgan fingerprint density at radius 3 is 2.61 bits per heavy atom. The first-order valence-corrected chi connectivity index (χ1v) is 11.6. The molecule has 5 rings (SSSR count). The summed E-state index contributed by atoms with van der Waals surface area (Å²) in [5.41, 5.74) is 1.48. The number of carbonyl (C=O) groups is 3. The number of hydrogen-bond donors (Lipinski definition) is 0. The molecular formula is C27H30O4. The highest BCUT2D eigenvalue weighted by Crippen LogP contribution is 2.63. The van der Waals surface area contributed by atoms with Gasteiger partial charge in [0.05, 0.1) is 5.56 Å². The lowest BCUT2D eigenvalue weighted by atomic mass is 9.51. The summed E-state index contributed by atoms with van der Waals surface area (Å²) in [4.78, 5) is 37.6. The predicted octanol–water partition coefficient (Wildman–Crippen LogP) is 4.94. The van der Waals surface area contributed by atoms with Gasteiger partial charge in [-0.3, -0.25) is 9.59 Å². The topological polar surface area (TPSA) is 60.4 Å². The maximum Gasteiger partial charge on any atom is 0.338 e. The fourth-order valence-electron chi connectivity index (χ4n) is 7.27. The molecule has 1 aromatic rings. The molecule has 4 aliphatic rings. The lowest BCUT2D eigenvalue weighted by Crippen LogP contribution is -2.53. The highest BCUT2D eigenvalue weighted by Gasteiger charge is 2.60. The second-order valence-electron chi connectivity index (χ2n) is 10.1. The number of rotatable bonds is 3. The van der Waals surface area contributed by atoms with Crippen LogP contribution in [-0.4, -0.2) is 23.6 Å². The zero-order valence-electron chi connectivity index (χ0n) is 18.3. The van der Waals surface area contributed by atoms with Crippen molar-refractivity contribution in [2.45, 2.75) is 52.1 Å². The predicted molar refractivity (Wildman–Crippen MR) is 117 cm³/mol. The van der Waals surface area contributed by atoms with Gasteiger partial charge in [0.1, 0.15) is 11.9 Å². The van der Waals surface area contributed by atoms with Crippen LogP contribution in [0.5, 0.6) is 0 Å². The van der Waals surface area contributed by atoms with E-state index in [-0.39, 0.29) is 52.7 Å². The molecule has 0 aromatic heterocycles. The molecular weight excluding hydrogens is 388 g/mol. The summed E-state index contributed by atoms with van der Waals surface area (Å²) >= 11 is 0. The van der Waals surface area contributed by atoms with Gasteiger partial charge in [-0.2, -0.15) is 0 Å². The molecule has 2 fully saturated rings. The number of Topliss-reactive ketones (excluding diaryl/α,β-unsaturated/α-hetero) is 1. The van der Waals surface area contributed by atoms with Crippen LogP contribution < -0.4 is 0 Å². The average Bonchev–Trinajstić information content (AvgIpc) is 3.10. The first-order chi connectivity index (χ1) is 14.9. The van der Waals surface area contributed by atoms with Gasteiger partial charge >= 0.3 is 5.97 Å². The van der Waals surface area contributed by atoms with E-state index in [1.165, 1.54) is 0 Å². The highest BCUT2D eigenvalue weighted by atomic mass is 16.5. The first kappa shape index (κ1) is 20.4. The van der Waals surface area contributed by atoms with Crippen LogP contribution in [0.2, 0.25) is 0 Å². The van der Waals surface area contributed by atoms with Crippen LogP contribution in [0.3, 0.4) is 0 Å². The van der Waals surface area contributed by atoms with Crippen LogP contribution >= 0.6 is 0 Å². The summed E-state index contributed by atoms with van der Waals surface area (Å²) in [7, 11) is 0. The molecule has 2 saturated carbocycles. The Bertz CT molecular complexity index is 974. The van der Waals surface area contributed by atoms with E-state index in [0.29, 0.717) is 24.3 Å². The van der Waals surface area contributed by atoms with E-state index in [0.717, 1.165) is 24.8 Å². The van der Waals surface area contributed by atoms with Crippen molar-refractivity contribution in [3.8, 4) is 0 Å². The maximum atomic E-state index is 13.0. The van der Waals surface area contributed by atoms with Gasteiger partial charge in [-0.25, -0.2) is 4.79 Å². The Morgan fingerprint density at radius 2 is 1.87 bits per heavy atom. The van der Waals surface area contributed by atoms with E-state index < -0.39 is 0 Å². The minimum atomic E-state index is -0.296. The zero-order valence-corrected chi connectivity index (χ0v) is 18.3. The molecule has 2 unspecified atom stereocenters. The van der Waals surface area contributed by atoms with Gasteiger partial charge in [0, 0.05) is 18.3 Å². The van der Waals surface area contributed by atoms with E-state index in [1.54, 1.807) is 25.1 Å². The van der Waals surface area contributed by atoms with Crippen LogP contribution in [0.1, 0.15) is 56.3 Å². The van der Waals surface area contributed by atoms with Gasteiger partial charge in [-0.1, -0.05) is 37.3 Å². The molecule has 0 spiro atoms. The van der Waals surface area contributed by atoms with Crippen molar-refractivity contribution in [3.63, 3.8) is 0 Å². The van der Waals surface area contributed by atoms with Crippen molar-refractivity contribution in [1.82, 2.24) is 0 Å². The second-order valence-corrected chi connectivity index (χ2v) is 10.1. The van der Waals surface area contributed by atoms with Crippen molar-refractivity contribution in [1.29, 1.82) is 0 Å². The summed E-state index contributed by atoms with van der Waals surface area (Å²) < 4.78 is 6.23. The molecule has 0 heterocycles. The molecule has 0 saturated heterocycles. The minimum Gasteiger partial charge on any atom is -0.458 e. The first-order valence-electron chi connectivity index (χ1n) is 11.6. The van der Waals surface area contributed by atoms with Crippen molar-refractivity contribution < 1.29 is 19.1 Å². The third-order valence-corrected chi connectivity index (χ3v) is 8.58. The summed E-state index contributed by atoms with van der Waals surface area (Å²) in [6.07, 6.45) is 9.95. The molecule has 4 nitrogen and oxygen atoms in total. The molecule has 1 aromatic carbocycles. The van der Waals surface area contributed by atoms with Crippen molar-refractivity contribution >= 4 is 17.5 Å². The monoisotopic (exact) mass is 418 g/mol. The molecule has 7 atom stereocenters. The van der Waals surface area contributed by atoms with Crippen molar-refractivity contribution in [3.05, 3.63) is 59.7 Å². The smallest absolute Gasteiger partial charge is 0.338 e. The number of ether oxygens (including phenoxy) is 1. The van der Waals surface area contributed by atoms with Crippen LogP contribution in [-0.2, 0) is 14.3 Å². The number of benzene rings is 1. The zero-order chi connectivity index (χ0) is 21.8. The third kappa shape index (κ3) is 3.31. The molecule has 0 radical (unpaired) electrons. The quantitative estimate of drug-likeness (QED) is 0.652. The molecule has 4 aliphatic carbocycles. The van der Waals surface area contributed by atoms with Gasteiger partial charge in [0.2, 0.25) is 0 Å². The van der Waals surface area contributed by atoms with Crippen LogP contribution in [0.25, 0.3) is 0 Å². The molecule has 162 valence electrons. The van der Waals surface area contributed by atoms with E-state index >= 15 is 0 Å². The largest absolute Gasteiger partial charge is 0.458 e. The van der Waals surface area contributed by atoms with E-state index in [4.69, 9.17) is 4.74 Å². The minimum absolute atomic E-state index is 0.0228. The molecule has 4 heteroatoms. The van der Waals surface area contributed by atoms with Crippen LogP contribution in [0.15, 0.2) is 54.1 Å². The third-order valence-electron chi connectivity index (χ3n) is 8.58. The van der Waals surface area contributed by atoms with Crippen molar-refractivity contribution in [2.75, 3.05) is 0 Å². The Morgan fingerprint density at radius 1 is 1.10 bits per heavy atom. The Balaban J connectivity index is 1.53. The summed E-state index contributed by atoms with van der Waals surface area (Å²) in [6, 6.07) is 9.14. The fourth-order valence-corrected chi connectivity index (χ4v) is 7.27. The summed E-state index contributed by atoms with van der Waals surface area (Å²) in [5.74, 6) is 1.25. The van der Waals surface area contributed by atoms with E-state index in [1.807, 2.05) is 18.2 Å². The van der Waals surface area contributed by atoms with Crippen LogP contribution in [0, 0.1) is 35.0 Å². The van der Waals surface area contributed by atoms with E-state index in [2.05, 4.69) is 19.1 Å².